The molecule has 0 aliphatic carbocycles. The molecule has 2 rings (SSSR count). The fourth-order valence-electron chi connectivity index (χ4n) is 1.24. The highest BCUT2D eigenvalue weighted by atomic mass is 32.1. The lowest BCUT2D eigenvalue weighted by Gasteiger charge is -1.99. The molecule has 4 nitrogen and oxygen atoms in total. The predicted molar refractivity (Wildman–Crippen MR) is 58.2 cm³/mol. The van der Waals surface area contributed by atoms with Gasteiger partial charge < -0.3 is 5.32 Å². The van der Waals surface area contributed by atoms with Crippen LogP contribution in [0.5, 0.6) is 0 Å². The molecule has 0 amide bonds. The Bertz CT molecular complexity index is 452. The number of H-pyrrole nitrogens is 1. The lowest BCUT2D eigenvalue weighted by molar-refractivity contribution is 0.684. The first-order valence-electron chi connectivity index (χ1n) is 4.55. The molecule has 2 N–H and O–H groups in total. The molecule has 2 aromatic rings. The fourth-order valence-corrected chi connectivity index (χ4v) is 2.01. The Labute approximate surface area is 91.6 Å². The van der Waals surface area contributed by atoms with Gasteiger partial charge in [0.15, 0.2) is 0 Å². The van der Waals surface area contributed by atoms with E-state index in [1.54, 1.807) is 17.5 Å². The average molecular weight is 218 g/mol. The van der Waals surface area contributed by atoms with Gasteiger partial charge in [-0.2, -0.15) is 10.4 Å². The third-order valence-electron chi connectivity index (χ3n) is 1.96. The topological polar surface area (TPSA) is 64.5 Å². The monoisotopic (exact) mass is 218 g/mol. The molecule has 0 atom stereocenters. The molecule has 2 heterocycles. The molecule has 0 saturated carbocycles. The highest BCUT2D eigenvalue weighted by molar-refractivity contribution is 7.10. The maximum Gasteiger partial charge on any atom is 0.100 e. The average Bonchev–Trinajstić information content (AvgIpc) is 2.88. The minimum Gasteiger partial charge on any atom is -0.306 e. The molecule has 0 unspecified atom stereocenters. The zero-order valence-corrected chi connectivity index (χ0v) is 8.84. The van der Waals surface area contributed by atoms with Gasteiger partial charge >= 0.3 is 0 Å². The summed E-state index contributed by atoms with van der Waals surface area (Å²) in [4.78, 5) is 1.17. The molecule has 0 aliphatic heterocycles. The van der Waals surface area contributed by atoms with Gasteiger partial charge in [0.05, 0.1) is 5.56 Å². The van der Waals surface area contributed by atoms with Crippen LogP contribution in [0.3, 0.4) is 0 Å². The molecule has 15 heavy (non-hydrogen) atoms. The maximum absolute atomic E-state index is 8.65. The van der Waals surface area contributed by atoms with Gasteiger partial charge in [0, 0.05) is 35.2 Å². The standard InChI is InChI=1S/C10H10N4S/c11-4-8-3-10(15-7-8)6-12-5-9-1-2-13-14-9/h1-3,7,12H,5-6H2,(H,13,14). The summed E-state index contributed by atoms with van der Waals surface area (Å²) < 4.78 is 0. The molecule has 2 aromatic heterocycles. The Morgan fingerprint density at radius 3 is 3.13 bits per heavy atom. The van der Waals surface area contributed by atoms with E-state index in [-0.39, 0.29) is 0 Å². The number of hydrogen-bond acceptors (Lipinski definition) is 4. The molecular weight excluding hydrogens is 208 g/mol. The molecule has 0 bridgehead atoms. The van der Waals surface area contributed by atoms with Crippen LogP contribution >= 0.6 is 11.3 Å². The van der Waals surface area contributed by atoms with Crippen molar-refractivity contribution in [3.05, 3.63) is 39.8 Å². The van der Waals surface area contributed by atoms with Crippen molar-refractivity contribution >= 4 is 11.3 Å². The predicted octanol–water partition coefficient (Wildman–Crippen LogP) is 1.63. The second kappa shape index (κ2) is 4.73. The van der Waals surface area contributed by atoms with Gasteiger partial charge in [0.2, 0.25) is 0 Å². The quantitative estimate of drug-likeness (QED) is 0.819. The number of nitrogens with one attached hydrogen (secondary N) is 2. The first-order valence-corrected chi connectivity index (χ1v) is 5.43. The highest BCUT2D eigenvalue weighted by Gasteiger charge is 1.99. The summed E-state index contributed by atoms with van der Waals surface area (Å²) in [6.45, 7) is 1.55. The van der Waals surface area contributed by atoms with Crippen LogP contribution < -0.4 is 5.32 Å². The van der Waals surface area contributed by atoms with Crippen molar-refractivity contribution in [2.45, 2.75) is 13.1 Å². The number of nitriles is 1. The normalized spacial score (nSPS) is 10.1. The van der Waals surface area contributed by atoms with E-state index in [1.165, 1.54) is 4.88 Å². The van der Waals surface area contributed by atoms with Gasteiger partial charge in [-0.15, -0.1) is 11.3 Å². The second-order valence-corrected chi connectivity index (χ2v) is 4.09. The van der Waals surface area contributed by atoms with Gasteiger partial charge in [-0.25, -0.2) is 0 Å². The van der Waals surface area contributed by atoms with E-state index in [9.17, 15) is 0 Å². The summed E-state index contributed by atoms with van der Waals surface area (Å²) in [5.41, 5.74) is 1.80. The molecule has 0 spiro atoms. The number of nitrogens with zero attached hydrogens (tertiary/aromatic N) is 2. The van der Waals surface area contributed by atoms with E-state index in [2.05, 4.69) is 21.6 Å². The van der Waals surface area contributed by atoms with Crippen LogP contribution in [0.2, 0.25) is 0 Å². The van der Waals surface area contributed by atoms with Gasteiger partial charge in [0.1, 0.15) is 6.07 Å². The number of hydrogen-bond donors (Lipinski definition) is 2. The van der Waals surface area contributed by atoms with Gasteiger partial charge in [0.25, 0.3) is 0 Å². The fraction of sp³-hybridized carbons (Fsp3) is 0.200. The van der Waals surface area contributed by atoms with Crippen LogP contribution in [-0.2, 0) is 13.1 Å². The van der Waals surface area contributed by atoms with E-state index in [4.69, 9.17) is 5.26 Å². The lowest BCUT2D eigenvalue weighted by Crippen LogP contribution is -2.11. The Morgan fingerprint density at radius 1 is 1.53 bits per heavy atom. The summed E-state index contributed by atoms with van der Waals surface area (Å²) in [5, 5.41) is 20.5. The van der Waals surface area contributed by atoms with Gasteiger partial charge in [-0.3, -0.25) is 5.10 Å². The third kappa shape index (κ3) is 2.65. The van der Waals surface area contributed by atoms with Crippen molar-refractivity contribution in [2.24, 2.45) is 0 Å². The summed E-state index contributed by atoms with van der Waals surface area (Å²) >= 11 is 1.60. The van der Waals surface area contributed by atoms with E-state index in [0.717, 1.165) is 24.3 Å². The zero-order valence-electron chi connectivity index (χ0n) is 8.03. The third-order valence-corrected chi connectivity index (χ3v) is 2.89. The molecule has 0 radical (unpaired) electrons. The molecule has 0 fully saturated rings. The Hall–Kier alpha value is -1.64. The van der Waals surface area contributed by atoms with Crippen molar-refractivity contribution < 1.29 is 0 Å². The lowest BCUT2D eigenvalue weighted by atomic mass is 10.3. The van der Waals surface area contributed by atoms with E-state index in [1.807, 2.05) is 17.5 Å². The number of aromatic amines is 1. The highest BCUT2D eigenvalue weighted by Crippen LogP contribution is 2.13. The van der Waals surface area contributed by atoms with Crippen LogP contribution in [0.1, 0.15) is 16.1 Å². The van der Waals surface area contributed by atoms with Crippen molar-refractivity contribution in [2.75, 3.05) is 0 Å². The Kier molecular flexibility index (Phi) is 3.12. The first-order chi connectivity index (χ1) is 7.38. The SMILES string of the molecule is N#Cc1csc(CNCc2ccn[nH]2)c1. The number of aromatic nitrogens is 2. The smallest absolute Gasteiger partial charge is 0.100 e. The molecule has 0 saturated heterocycles. The largest absolute Gasteiger partial charge is 0.306 e. The van der Waals surface area contributed by atoms with Crippen LogP contribution in [-0.4, -0.2) is 10.2 Å². The number of thiophene rings is 1. The Morgan fingerprint density at radius 2 is 2.47 bits per heavy atom. The van der Waals surface area contributed by atoms with Gasteiger partial charge in [-0.1, -0.05) is 0 Å². The first kappa shape index (κ1) is 9.90. The summed E-state index contributed by atoms with van der Waals surface area (Å²) in [5.74, 6) is 0. The van der Waals surface area contributed by atoms with Crippen molar-refractivity contribution in [1.29, 1.82) is 5.26 Å². The van der Waals surface area contributed by atoms with Crippen LogP contribution in [0, 0.1) is 11.3 Å². The summed E-state index contributed by atoms with van der Waals surface area (Å²) in [6, 6.07) is 5.96. The zero-order chi connectivity index (χ0) is 10.5. The van der Waals surface area contributed by atoms with Crippen LogP contribution in [0.4, 0.5) is 0 Å². The minimum absolute atomic E-state index is 0.735. The number of rotatable bonds is 4. The van der Waals surface area contributed by atoms with Crippen LogP contribution in [0.15, 0.2) is 23.7 Å². The molecule has 0 aromatic carbocycles. The van der Waals surface area contributed by atoms with E-state index < -0.39 is 0 Å². The molecule has 76 valence electrons. The van der Waals surface area contributed by atoms with E-state index in [0.29, 0.717) is 0 Å². The Balaban J connectivity index is 1.81. The molecule has 0 aliphatic rings. The second-order valence-electron chi connectivity index (χ2n) is 3.10. The van der Waals surface area contributed by atoms with Crippen molar-refractivity contribution in [3.63, 3.8) is 0 Å². The van der Waals surface area contributed by atoms with Gasteiger partial charge in [-0.05, 0) is 12.1 Å². The summed E-state index contributed by atoms with van der Waals surface area (Å²) in [6.07, 6.45) is 1.73. The van der Waals surface area contributed by atoms with E-state index >= 15 is 0 Å². The minimum atomic E-state index is 0.735. The molecular formula is C10H10N4S. The van der Waals surface area contributed by atoms with Crippen molar-refractivity contribution in [1.82, 2.24) is 15.5 Å². The summed E-state index contributed by atoms with van der Waals surface area (Å²) in [7, 11) is 0. The maximum atomic E-state index is 8.65. The molecule has 5 heteroatoms. The van der Waals surface area contributed by atoms with Crippen LogP contribution in [0.25, 0.3) is 0 Å². The van der Waals surface area contributed by atoms with Crippen molar-refractivity contribution in [3.8, 4) is 6.07 Å².